The van der Waals surface area contributed by atoms with Gasteiger partial charge in [-0.05, 0) is 55.3 Å². The van der Waals surface area contributed by atoms with Crippen LogP contribution in [0.15, 0.2) is 23.5 Å². The molecule has 3 saturated carbocycles. The maximum Gasteiger partial charge on any atom is 0.202 e. The van der Waals surface area contributed by atoms with Crippen molar-refractivity contribution in [3.05, 3.63) is 23.5 Å². The Hall–Kier alpha value is -1.46. The fourth-order valence-corrected chi connectivity index (χ4v) is 9.57. The van der Waals surface area contributed by atoms with E-state index >= 15 is 0 Å². The van der Waals surface area contributed by atoms with Gasteiger partial charge in [-0.3, -0.25) is 9.59 Å². The molecule has 0 aromatic heterocycles. The molecule has 3 fully saturated rings. The first-order valence-electron chi connectivity index (χ1n) is 13.6. The van der Waals surface area contributed by atoms with Crippen LogP contribution in [0.25, 0.3) is 0 Å². The Morgan fingerprint density at radius 1 is 1.00 bits per heavy atom. The number of hydrogen-bond acceptors (Lipinski definition) is 5. The first-order chi connectivity index (χ1) is 16.0. The number of carbonyl (C=O) groups is 2. The van der Waals surface area contributed by atoms with Crippen molar-refractivity contribution in [2.75, 3.05) is 0 Å². The van der Waals surface area contributed by atoms with Crippen molar-refractivity contribution in [2.24, 2.45) is 45.3 Å². The van der Waals surface area contributed by atoms with Crippen LogP contribution in [0.5, 0.6) is 0 Å². The minimum Gasteiger partial charge on any atom is -0.483 e. The van der Waals surface area contributed by atoms with E-state index in [9.17, 15) is 19.8 Å². The van der Waals surface area contributed by atoms with Crippen LogP contribution < -0.4 is 0 Å². The summed E-state index contributed by atoms with van der Waals surface area (Å²) in [5.74, 6) is 0.630. The maximum atomic E-state index is 14.3. The van der Waals surface area contributed by atoms with Gasteiger partial charge >= 0.3 is 0 Å². The molecule has 0 spiro atoms. The molecule has 0 aromatic carbocycles. The van der Waals surface area contributed by atoms with Gasteiger partial charge in [0.05, 0.1) is 12.2 Å². The Morgan fingerprint density at radius 2 is 1.66 bits per heavy atom. The molecule has 1 heterocycles. The lowest BCUT2D eigenvalue weighted by molar-refractivity contribution is -0.183. The highest BCUT2D eigenvalue weighted by Gasteiger charge is 2.75. The summed E-state index contributed by atoms with van der Waals surface area (Å²) in [5, 5.41) is 22.4. The van der Waals surface area contributed by atoms with Crippen molar-refractivity contribution < 1.29 is 24.5 Å². The first kappa shape index (κ1) is 25.2. The summed E-state index contributed by atoms with van der Waals surface area (Å²) in [7, 11) is 0. The number of allylic oxidation sites excluding steroid dienone is 2. The van der Waals surface area contributed by atoms with Crippen LogP contribution in [0, 0.1) is 45.3 Å². The monoisotopic (exact) mass is 484 g/mol. The fraction of sp³-hybridized carbons (Fsp3) is 0.800. The highest BCUT2D eigenvalue weighted by molar-refractivity contribution is 6.00. The molecule has 194 valence electrons. The van der Waals surface area contributed by atoms with E-state index in [0.717, 1.165) is 12.8 Å². The Labute approximate surface area is 210 Å². The summed E-state index contributed by atoms with van der Waals surface area (Å²) in [5.41, 5.74) is -1.69. The molecule has 5 heteroatoms. The number of aliphatic hydroxyl groups excluding tert-OH is 2. The van der Waals surface area contributed by atoms with E-state index in [-0.39, 0.29) is 40.2 Å². The van der Waals surface area contributed by atoms with Crippen molar-refractivity contribution in [1.29, 1.82) is 0 Å². The van der Waals surface area contributed by atoms with Crippen LogP contribution in [-0.4, -0.2) is 39.6 Å². The Balaban J connectivity index is 1.59. The second-order valence-corrected chi connectivity index (χ2v) is 14.1. The fourth-order valence-electron chi connectivity index (χ4n) is 9.57. The zero-order chi connectivity index (χ0) is 25.9. The number of ketones is 2. The molecular weight excluding hydrogens is 440 g/mol. The van der Waals surface area contributed by atoms with Gasteiger partial charge in [0, 0.05) is 35.2 Å². The van der Waals surface area contributed by atoms with Crippen LogP contribution in [-0.2, 0) is 14.3 Å². The molecule has 35 heavy (non-hydrogen) atoms. The zero-order valence-electron chi connectivity index (χ0n) is 22.8. The van der Waals surface area contributed by atoms with Crippen molar-refractivity contribution in [1.82, 2.24) is 0 Å². The average molecular weight is 485 g/mol. The summed E-state index contributed by atoms with van der Waals surface area (Å²) in [6.45, 7) is 16.6. The zero-order valence-corrected chi connectivity index (χ0v) is 22.8. The Bertz CT molecular complexity index is 1040. The molecule has 0 bridgehead atoms. The lowest BCUT2D eigenvalue weighted by atomic mass is 9.38. The summed E-state index contributed by atoms with van der Waals surface area (Å²) < 4.78 is 6.36. The van der Waals surface area contributed by atoms with Crippen molar-refractivity contribution in [3.8, 4) is 0 Å². The number of carbonyl (C=O) groups excluding carboxylic acids is 2. The molecule has 0 radical (unpaired) electrons. The van der Waals surface area contributed by atoms with Gasteiger partial charge in [-0.15, -0.1) is 0 Å². The third-order valence-corrected chi connectivity index (χ3v) is 11.9. The number of Topliss-reactive ketones (excluding diaryl/α,β-unsaturated/α-hetero) is 1. The van der Waals surface area contributed by atoms with Crippen LogP contribution >= 0.6 is 0 Å². The number of rotatable bonds is 2. The second kappa shape index (κ2) is 7.31. The third-order valence-electron chi connectivity index (χ3n) is 11.9. The summed E-state index contributed by atoms with van der Waals surface area (Å²) in [6.07, 6.45) is 5.98. The maximum absolute atomic E-state index is 14.3. The molecule has 4 aliphatic carbocycles. The van der Waals surface area contributed by atoms with E-state index in [2.05, 4.69) is 40.7 Å². The standard InChI is InChI=1S/C30H44O5/c1-16(2)20-13-23(33)30(8,35-20)25-19(31)14-27(5)21-11-9-17-18(10-12-22(32)26(17,3)4)29(21,7)24(34)15-28(25,27)6/h9,13,16,18-19,21-22,25,31-32H,10-12,14-15H2,1-8H3/t18-,19+,21+,22-,25-,27-,28+,29-,30+/m0/s1. The van der Waals surface area contributed by atoms with Gasteiger partial charge in [0.1, 0.15) is 11.5 Å². The minimum absolute atomic E-state index is 0.0679. The average Bonchev–Trinajstić information content (AvgIpc) is 3.15. The molecule has 5 nitrogen and oxygen atoms in total. The van der Waals surface area contributed by atoms with Crippen LogP contribution in [0.3, 0.4) is 0 Å². The molecule has 1 aliphatic heterocycles. The van der Waals surface area contributed by atoms with E-state index in [1.807, 2.05) is 20.8 Å². The van der Waals surface area contributed by atoms with Gasteiger partial charge in [0.25, 0.3) is 0 Å². The Kier molecular flexibility index (Phi) is 5.26. The first-order valence-corrected chi connectivity index (χ1v) is 13.6. The van der Waals surface area contributed by atoms with Crippen LogP contribution in [0.1, 0.15) is 87.5 Å². The van der Waals surface area contributed by atoms with E-state index < -0.39 is 34.6 Å². The SMILES string of the molecule is CC(C)C1=CC(=O)[C@](C)([C@H]2[C@H](O)C[C@@]3(C)[C@H]4CC=C5[C@H](CC[C@H](O)C5(C)C)[C@]4(C)C(=O)C[C@]23C)O1. The minimum atomic E-state index is -1.16. The largest absolute Gasteiger partial charge is 0.483 e. The molecular formula is C30H44O5. The highest BCUT2D eigenvalue weighted by atomic mass is 16.5. The quantitative estimate of drug-likeness (QED) is 0.539. The lowest BCUT2D eigenvalue weighted by Gasteiger charge is -2.64. The molecule has 0 unspecified atom stereocenters. The van der Waals surface area contributed by atoms with Gasteiger partial charge in [-0.25, -0.2) is 0 Å². The molecule has 0 saturated heterocycles. The van der Waals surface area contributed by atoms with E-state index in [4.69, 9.17) is 4.74 Å². The normalized spacial score (nSPS) is 50.8. The van der Waals surface area contributed by atoms with Crippen LogP contribution in [0.2, 0.25) is 0 Å². The Morgan fingerprint density at radius 3 is 2.26 bits per heavy atom. The molecule has 5 aliphatic rings. The topological polar surface area (TPSA) is 83.8 Å². The van der Waals surface area contributed by atoms with Crippen LogP contribution in [0.4, 0.5) is 0 Å². The lowest BCUT2D eigenvalue weighted by Crippen LogP contribution is -2.64. The van der Waals surface area contributed by atoms with Gasteiger partial charge in [0.15, 0.2) is 5.60 Å². The van der Waals surface area contributed by atoms with Gasteiger partial charge in [0.2, 0.25) is 5.78 Å². The van der Waals surface area contributed by atoms with Gasteiger partial charge in [-0.2, -0.15) is 0 Å². The smallest absolute Gasteiger partial charge is 0.202 e. The van der Waals surface area contributed by atoms with Gasteiger partial charge in [-0.1, -0.05) is 60.1 Å². The van der Waals surface area contributed by atoms with Crippen molar-refractivity contribution in [2.45, 2.75) is 105 Å². The predicted octanol–water partition coefficient (Wildman–Crippen LogP) is 5.00. The molecule has 9 atom stereocenters. The number of aliphatic hydroxyl groups is 2. The summed E-state index contributed by atoms with van der Waals surface area (Å²) in [6, 6.07) is 0. The summed E-state index contributed by atoms with van der Waals surface area (Å²) in [4.78, 5) is 27.7. The van der Waals surface area contributed by atoms with Crippen molar-refractivity contribution in [3.63, 3.8) is 0 Å². The van der Waals surface area contributed by atoms with Crippen molar-refractivity contribution >= 4 is 11.6 Å². The molecule has 0 aromatic rings. The van der Waals surface area contributed by atoms with Gasteiger partial charge < -0.3 is 14.9 Å². The third kappa shape index (κ3) is 2.89. The second-order valence-electron chi connectivity index (χ2n) is 14.1. The molecule has 2 N–H and O–H groups in total. The number of hydrogen-bond donors (Lipinski definition) is 2. The molecule has 0 amide bonds. The number of ether oxygens (including phenoxy) is 1. The highest BCUT2D eigenvalue weighted by Crippen LogP contribution is 2.74. The number of fused-ring (bicyclic) bond motifs is 5. The predicted molar refractivity (Wildman–Crippen MR) is 134 cm³/mol. The van der Waals surface area contributed by atoms with E-state index in [0.29, 0.717) is 25.0 Å². The van der Waals surface area contributed by atoms with E-state index in [1.165, 1.54) is 5.57 Å². The summed E-state index contributed by atoms with van der Waals surface area (Å²) >= 11 is 0. The molecule has 5 rings (SSSR count). The van der Waals surface area contributed by atoms with E-state index in [1.54, 1.807) is 6.08 Å².